The van der Waals surface area contributed by atoms with E-state index in [1.807, 2.05) is 74.5 Å². The summed E-state index contributed by atoms with van der Waals surface area (Å²) in [5.41, 5.74) is 8.27. The molecule has 0 aliphatic carbocycles. The van der Waals surface area contributed by atoms with Gasteiger partial charge in [-0.1, -0.05) is 23.8 Å². The number of amides is 1. The number of aromatic nitrogens is 2. The maximum Gasteiger partial charge on any atom is 0.274 e. The van der Waals surface area contributed by atoms with E-state index in [-0.39, 0.29) is 5.91 Å². The Hall–Kier alpha value is -3.86. The second kappa shape index (κ2) is 8.71. The van der Waals surface area contributed by atoms with Gasteiger partial charge in [0.15, 0.2) is 0 Å². The molecule has 0 spiro atoms. The Kier molecular flexibility index (Phi) is 5.82. The molecule has 1 N–H and O–H groups in total. The number of hydrogen-bond donors (Lipinski definition) is 1. The molecule has 0 fully saturated rings. The quantitative estimate of drug-likeness (QED) is 0.424. The molecule has 0 aliphatic heterocycles. The minimum atomic E-state index is -0.208. The number of rotatable bonds is 5. The number of hydrogen-bond acceptors (Lipinski definition) is 3. The van der Waals surface area contributed by atoms with Crippen molar-refractivity contribution in [2.24, 2.45) is 0 Å². The van der Waals surface area contributed by atoms with Crippen LogP contribution in [0.25, 0.3) is 16.9 Å². The van der Waals surface area contributed by atoms with E-state index in [1.165, 1.54) is 5.56 Å². The summed E-state index contributed by atoms with van der Waals surface area (Å²) in [5, 5.41) is 7.84. The van der Waals surface area contributed by atoms with Gasteiger partial charge >= 0.3 is 0 Å². The number of methoxy groups -OCH3 is 1. The van der Waals surface area contributed by atoms with E-state index < -0.39 is 0 Å². The minimum Gasteiger partial charge on any atom is -0.497 e. The zero-order valence-corrected chi connectivity index (χ0v) is 19.1. The largest absolute Gasteiger partial charge is 0.497 e. The van der Waals surface area contributed by atoms with Crippen LogP contribution in [0.15, 0.2) is 66.7 Å². The van der Waals surface area contributed by atoms with Gasteiger partial charge in [0, 0.05) is 11.3 Å². The van der Waals surface area contributed by atoms with Crippen LogP contribution in [0.2, 0.25) is 0 Å². The maximum absolute atomic E-state index is 13.3. The van der Waals surface area contributed by atoms with Crippen LogP contribution < -0.4 is 10.1 Å². The van der Waals surface area contributed by atoms with Crippen LogP contribution in [0.5, 0.6) is 5.75 Å². The lowest BCUT2D eigenvalue weighted by atomic mass is 10.1. The predicted molar refractivity (Wildman–Crippen MR) is 129 cm³/mol. The maximum atomic E-state index is 13.3. The molecular formula is C27H27N3O2. The number of aryl methyl sites for hydroxylation is 4. The Morgan fingerprint density at radius 1 is 0.844 bits per heavy atom. The third kappa shape index (κ3) is 4.28. The number of ether oxygens (including phenoxy) is 1. The first kappa shape index (κ1) is 21.4. The first-order valence-corrected chi connectivity index (χ1v) is 10.6. The SMILES string of the molecule is COc1ccc(-c2cc(C(=O)Nc3ccc(C)c(C)c3)n(-c3ccc(C)cc3C)n2)cc1. The third-order valence-electron chi connectivity index (χ3n) is 5.67. The molecule has 3 aromatic carbocycles. The van der Waals surface area contributed by atoms with E-state index in [0.717, 1.165) is 45.1 Å². The molecule has 5 heteroatoms. The fourth-order valence-corrected chi connectivity index (χ4v) is 3.69. The monoisotopic (exact) mass is 425 g/mol. The zero-order valence-electron chi connectivity index (χ0n) is 19.1. The number of carbonyl (C=O) groups excluding carboxylic acids is 1. The number of nitrogens with zero attached hydrogens (tertiary/aromatic N) is 2. The Labute approximate surface area is 188 Å². The van der Waals surface area contributed by atoms with Crippen molar-refractivity contribution in [3.63, 3.8) is 0 Å². The molecule has 0 unspecified atom stereocenters. The van der Waals surface area contributed by atoms with Crippen LogP contribution in [0.3, 0.4) is 0 Å². The number of nitrogens with one attached hydrogen (secondary N) is 1. The summed E-state index contributed by atoms with van der Waals surface area (Å²) in [4.78, 5) is 13.3. The summed E-state index contributed by atoms with van der Waals surface area (Å²) >= 11 is 0. The second-order valence-corrected chi connectivity index (χ2v) is 8.10. The molecule has 0 atom stereocenters. The van der Waals surface area contributed by atoms with Crippen LogP contribution in [-0.2, 0) is 0 Å². The highest BCUT2D eigenvalue weighted by atomic mass is 16.5. The van der Waals surface area contributed by atoms with Crippen molar-refractivity contribution in [3.8, 4) is 22.7 Å². The van der Waals surface area contributed by atoms with Gasteiger partial charge in [-0.3, -0.25) is 4.79 Å². The molecule has 32 heavy (non-hydrogen) atoms. The molecule has 1 amide bonds. The van der Waals surface area contributed by atoms with Gasteiger partial charge in [-0.25, -0.2) is 4.68 Å². The Morgan fingerprint density at radius 3 is 2.25 bits per heavy atom. The van der Waals surface area contributed by atoms with Crippen molar-refractivity contribution in [1.29, 1.82) is 0 Å². The van der Waals surface area contributed by atoms with Crippen molar-refractivity contribution in [3.05, 3.63) is 94.7 Å². The number of carbonyl (C=O) groups is 1. The van der Waals surface area contributed by atoms with Crippen LogP contribution in [0.1, 0.15) is 32.7 Å². The highest BCUT2D eigenvalue weighted by Gasteiger charge is 2.19. The molecule has 0 bridgehead atoms. The van der Waals surface area contributed by atoms with Crippen molar-refractivity contribution in [2.75, 3.05) is 12.4 Å². The first-order valence-electron chi connectivity index (χ1n) is 10.6. The zero-order chi connectivity index (χ0) is 22.8. The molecule has 1 heterocycles. The summed E-state index contributed by atoms with van der Waals surface area (Å²) in [7, 11) is 1.64. The summed E-state index contributed by atoms with van der Waals surface area (Å²) in [5.74, 6) is 0.566. The van der Waals surface area contributed by atoms with Gasteiger partial charge in [0.2, 0.25) is 0 Å². The highest BCUT2D eigenvalue weighted by Crippen LogP contribution is 2.26. The summed E-state index contributed by atoms with van der Waals surface area (Å²) < 4.78 is 6.99. The molecule has 0 saturated heterocycles. The Bertz CT molecular complexity index is 1290. The van der Waals surface area contributed by atoms with Gasteiger partial charge < -0.3 is 10.1 Å². The van der Waals surface area contributed by atoms with Gasteiger partial charge in [-0.05, 0) is 92.9 Å². The minimum absolute atomic E-state index is 0.208. The normalized spacial score (nSPS) is 10.8. The van der Waals surface area contributed by atoms with Gasteiger partial charge in [0.1, 0.15) is 11.4 Å². The van der Waals surface area contributed by atoms with Crippen molar-refractivity contribution in [2.45, 2.75) is 27.7 Å². The molecule has 0 aliphatic rings. The molecule has 4 aromatic rings. The first-order chi connectivity index (χ1) is 15.4. The standard InChI is InChI=1S/C27H27N3O2/c1-17-6-13-25(20(4)14-17)30-26(27(31)28-22-10-7-18(2)19(3)15-22)16-24(29-30)21-8-11-23(32-5)12-9-21/h6-16H,1-5H3,(H,28,31). The average molecular weight is 426 g/mol. The lowest BCUT2D eigenvalue weighted by Gasteiger charge is -2.12. The topological polar surface area (TPSA) is 56.1 Å². The van der Waals surface area contributed by atoms with Gasteiger partial charge in [0.05, 0.1) is 18.5 Å². The van der Waals surface area contributed by atoms with E-state index >= 15 is 0 Å². The molecule has 4 rings (SSSR count). The van der Waals surface area contributed by atoms with Crippen LogP contribution in [0, 0.1) is 27.7 Å². The highest BCUT2D eigenvalue weighted by molar-refractivity contribution is 6.04. The van der Waals surface area contributed by atoms with Crippen LogP contribution in [0.4, 0.5) is 5.69 Å². The lowest BCUT2D eigenvalue weighted by molar-refractivity contribution is 0.101. The fraction of sp³-hybridized carbons (Fsp3) is 0.185. The summed E-state index contributed by atoms with van der Waals surface area (Å²) in [6.07, 6.45) is 0. The molecule has 5 nitrogen and oxygen atoms in total. The van der Waals surface area contributed by atoms with E-state index in [9.17, 15) is 4.79 Å². The summed E-state index contributed by atoms with van der Waals surface area (Å²) in [6.45, 7) is 8.17. The summed E-state index contributed by atoms with van der Waals surface area (Å²) in [6, 6.07) is 21.5. The fourth-order valence-electron chi connectivity index (χ4n) is 3.69. The van der Waals surface area contributed by atoms with E-state index in [4.69, 9.17) is 9.84 Å². The van der Waals surface area contributed by atoms with Gasteiger partial charge in [-0.2, -0.15) is 5.10 Å². The third-order valence-corrected chi connectivity index (χ3v) is 5.67. The second-order valence-electron chi connectivity index (χ2n) is 8.10. The van der Waals surface area contributed by atoms with Crippen LogP contribution >= 0.6 is 0 Å². The number of benzene rings is 3. The number of anilines is 1. The molecule has 162 valence electrons. The molecular weight excluding hydrogens is 398 g/mol. The van der Waals surface area contributed by atoms with E-state index in [1.54, 1.807) is 11.8 Å². The van der Waals surface area contributed by atoms with Gasteiger partial charge in [0.25, 0.3) is 5.91 Å². The van der Waals surface area contributed by atoms with E-state index in [0.29, 0.717) is 5.69 Å². The molecule has 0 saturated carbocycles. The van der Waals surface area contributed by atoms with Gasteiger partial charge in [-0.15, -0.1) is 0 Å². The van der Waals surface area contributed by atoms with Crippen LogP contribution in [-0.4, -0.2) is 22.8 Å². The molecule has 0 radical (unpaired) electrons. The Balaban J connectivity index is 1.78. The Morgan fingerprint density at radius 2 is 1.59 bits per heavy atom. The van der Waals surface area contributed by atoms with E-state index in [2.05, 4.69) is 25.2 Å². The lowest BCUT2D eigenvalue weighted by Crippen LogP contribution is -2.17. The van der Waals surface area contributed by atoms with Crippen molar-refractivity contribution in [1.82, 2.24) is 9.78 Å². The average Bonchev–Trinajstić information content (AvgIpc) is 3.21. The predicted octanol–water partition coefficient (Wildman–Crippen LogP) is 6.03. The smallest absolute Gasteiger partial charge is 0.274 e. The van der Waals surface area contributed by atoms with Crippen molar-refractivity contribution < 1.29 is 9.53 Å². The van der Waals surface area contributed by atoms with Crippen molar-refractivity contribution >= 4 is 11.6 Å². The molecule has 1 aromatic heterocycles.